The molecule has 0 saturated heterocycles. The molecule has 1 heteroatoms. The Morgan fingerprint density at radius 1 is 0.917 bits per heavy atom. The first-order valence-corrected chi connectivity index (χ1v) is 6.12. The molecule has 0 fully saturated rings. The fourth-order valence-electron chi connectivity index (χ4n) is 1.28. The van der Waals surface area contributed by atoms with Crippen molar-refractivity contribution in [1.29, 1.82) is 0 Å². The van der Waals surface area contributed by atoms with Gasteiger partial charge in [0.1, 0.15) is 0 Å². The van der Waals surface area contributed by atoms with Crippen LogP contribution in [-0.2, 0) is 0 Å². The summed E-state index contributed by atoms with van der Waals surface area (Å²) < 4.78 is 1.39. The Labute approximate surface area is 78.4 Å². The van der Waals surface area contributed by atoms with Gasteiger partial charge >= 0.3 is 78.2 Å². The van der Waals surface area contributed by atoms with E-state index in [1.54, 1.807) is 0 Å². The molecule has 0 unspecified atom stereocenters. The zero-order valence-electron chi connectivity index (χ0n) is 6.70. The van der Waals surface area contributed by atoms with Gasteiger partial charge in [0.2, 0.25) is 0 Å². The summed E-state index contributed by atoms with van der Waals surface area (Å²) in [4.78, 5) is 0. The van der Waals surface area contributed by atoms with Crippen molar-refractivity contribution >= 4 is 35.7 Å². The van der Waals surface area contributed by atoms with Gasteiger partial charge in [-0.1, -0.05) is 0 Å². The molecule has 0 nitrogen and oxygen atoms in total. The summed E-state index contributed by atoms with van der Waals surface area (Å²) in [5.41, 5.74) is 0. The van der Waals surface area contributed by atoms with Gasteiger partial charge in [0.25, 0.3) is 0 Å². The van der Waals surface area contributed by atoms with Gasteiger partial charge in [-0.2, -0.15) is 0 Å². The van der Waals surface area contributed by atoms with Crippen LogP contribution in [0.25, 0.3) is 10.8 Å². The van der Waals surface area contributed by atoms with Gasteiger partial charge in [-0.3, -0.25) is 0 Å². The standard InChI is InChI=1S/C11H9As/c1-12-11-7-6-9-4-2-3-5-10(9)8-11/h2-8H,1H2. The molecule has 0 spiro atoms. The number of hydrogen-bond donors (Lipinski definition) is 0. The first kappa shape index (κ1) is 7.76. The van der Waals surface area contributed by atoms with Crippen molar-refractivity contribution in [3.63, 3.8) is 0 Å². The zero-order valence-corrected chi connectivity index (χ0v) is 8.57. The quantitative estimate of drug-likeness (QED) is 0.635. The molecule has 2 rings (SSSR count). The third-order valence-electron chi connectivity index (χ3n) is 1.92. The molecule has 0 radical (unpaired) electrons. The summed E-state index contributed by atoms with van der Waals surface area (Å²) in [6.07, 6.45) is 0. The van der Waals surface area contributed by atoms with Crippen molar-refractivity contribution in [2.45, 2.75) is 0 Å². The topological polar surface area (TPSA) is 0 Å². The fourth-order valence-corrected chi connectivity index (χ4v) is 2.14. The first-order chi connectivity index (χ1) is 5.90. The first-order valence-electron chi connectivity index (χ1n) is 3.86. The third-order valence-corrected chi connectivity index (χ3v) is 3.27. The normalized spacial score (nSPS) is 10.7. The summed E-state index contributed by atoms with van der Waals surface area (Å²) >= 11 is 0.115. The minimum absolute atomic E-state index is 0.115. The second-order valence-electron chi connectivity index (χ2n) is 2.69. The molecule has 0 saturated carbocycles. The Balaban J connectivity index is 2.75. The molecule has 0 bridgehead atoms. The predicted octanol–water partition coefficient (Wildman–Crippen LogP) is 1.60. The molecule has 0 heterocycles. The van der Waals surface area contributed by atoms with E-state index in [9.17, 15) is 0 Å². The molecule has 58 valence electrons. The van der Waals surface area contributed by atoms with Crippen LogP contribution in [0.3, 0.4) is 0 Å². The average Bonchev–Trinajstić information content (AvgIpc) is 2.17. The van der Waals surface area contributed by atoms with Crippen LogP contribution < -0.4 is 4.35 Å². The predicted molar refractivity (Wildman–Crippen MR) is 56.5 cm³/mol. The van der Waals surface area contributed by atoms with E-state index < -0.39 is 0 Å². The molecule has 2 aromatic rings. The summed E-state index contributed by atoms with van der Waals surface area (Å²) in [5, 5.41) is 6.60. The van der Waals surface area contributed by atoms with Gasteiger partial charge in [-0.25, -0.2) is 0 Å². The van der Waals surface area contributed by atoms with E-state index >= 15 is 0 Å². The van der Waals surface area contributed by atoms with Crippen LogP contribution >= 0.6 is 0 Å². The Morgan fingerprint density at radius 3 is 2.42 bits per heavy atom. The molecular formula is C11H9As. The molecule has 0 amide bonds. The van der Waals surface area contributed by atoms with Gasteiger partial charge in [0, 0.05) is 0 Å². The summed E-state index contributed by atoms with van der Waals surface area (Å²) in [7, 11) is 0. The maximum absolute atomic E-state index is 3.96. The van der Waals surface area contributed by atoms with E-state index in [2.05, 4.69) is 47.8 Å². The van der Waals surface area contributed by atoms with E-state index in [0.717, 1.165) is 0 Å². The zero-order chi connectivity index (χ0) is 8.39. The molecule has 0 aliphatic rings. The van der Waals surface area contributed by atoms with Crippen LogP contribution in [-0.4, -0.2) is 20.6 Å². The molecule has 0 aliphatic carbocycles. The molecule has 2 aromatic carbocycles. The van der Waals surface area contributed by atoms with Crippen molar-refractivity contribution in [2.75, 3.05) is 0 Å². The maximum atomic E-state index is 3.96. The molecule has 0 atom stereocenters. The summed E-state index contributed by atoms with van der Waals surface area (Å²) in [5.74, 6) is 0. The van der Waals surface area contributed by atoms with Gasteiger partial charge in [-0.15, -0.1) is 0 Å². The second-order valence-corrected chi connectivity index (χ2v) is 4.44. The van der Waals surface area contributed by atoms with Gasteiger partial charge < -0.3 is 0 Å². The van der Waals surface area contributed by atoms with Gasteiger partial charge in [0.05, 0.1) is 0 Å². The van der Waals surface area contributed by atoms with Crippen molar-refractivity contribution in [3.05, 3.63) is 42.5 Å². The number of rotatable bonds is 1. The molecule has 0 N–H and O–H groups in total. The van der Waals surface area contributed by atoms with E-state index in [-0.39, 0.29) is 15.3 Å². The SMILES string of the molecule is C=[As]c1ccc2ccccc2c1. The number of hydrogen-bond acceptors (Lipinski definition) is 0. The second kappa shape index (κ2) is 3.24. The van der Waals surface area contributed by atoms with E-state index in [4.69, 9.17) is 0 Å². The van der Waals surface area contributed by atoms with Crippen molar-refractivity contribution in [3.8, 4) is 0 Å². The Bertz CT molecular complexity index is 418. The molecular weight excluding hydrogens is 207 g/mol. The minimum atomic E-state index is 0.115. The van der Waals surface area contributed by atoms with Gasteiger partial charge in [-0.05, 0) is 0 Å². The van der Waals surface area contributed by atoms with Crippen LogP contribution in [0, 0.1) is 0 Å². The van der Waals surface area contributed by atoms with Crippen LogP contribution in [0.15, 0.2) is 42.5 Å². The third kappa shape index (κ3) is 1.35. The number of fused-ring (bicyclic) bond motifs is 1. The monoisotopic (exact) mass is 216 g/mol. The molecule has 12 heavy (non-hydrogen) atoms. The van der Waals surface area contributed by atoms with Crippen LogP contribution in [0.1, 0.15) is 0 Å². The molecule has 0 aliphatic heterocycles. The Hall–Kier alpha value is -0.872. The van der Waals surface area contributed by atoms with Crippen molar-refractivity contribution in [2.24, 2.45) is 0 Å². The summed E-state index contributed by atoms with van der Waals surface area (Å²) in [6.45, 7) is 0. The van der Waals surface area contributed by atoms with Crippen LogP contribution in [0.5, 0.6) is 0 Å². The van der Waals surface area contributed by atoms with Crippen LogP contribution in [0.2, 0.25) is 0 Å². The average molecular weight is 216 g/mol. The van der Waals surface area contributed by atoms with Crippen molar-refractivity contribution < 1.29 is 0 Å². The van der Waals surface area contributed by atoms with Gasteiger partial charge in [0.15, 0.2) is 0 Å². The fraction of sp³-hybridized carbons (Fsp3) is 0. The van der Waals surface area contributed by atoms with E-state index in [0.29, 0.717) is 0 Å². The van der Waals surface area contributed by atoms with Crippen LogP contribution in [0.4, 0.5) is 0 Å². The Kier molecular flexibility index (Phi) is 2.10. The molecule has 0 aromatic heterocycles. The number of benzene rings is 2. The van der Waals surface area contributed by atoms with E-state index in [1.165, 1.54) is 15.1 Å². The van der Waals surface area contributed by atoms with E-state index in [1.807, 2.05) is 0 Å². The Morgan fingerprint density at radius 2 is 1.67 bits per heavy atom. The van der Waals surface area contributed by atoms with Crippen molar-refractivity contribution in [1.82, 2.24) is 0 Å². The summed E-state index contributed by atoms with van der Waals surface area (Å²) in [6, 6.07) is 15.0.